The molecule has 28 heavy (non-hydrogen) atoms. The van der Waals surface area contributed by atoms with Crippen LogP contribution in [-0.4, -0.2) is 81.8 Å². The van der Waals surface area contributed by atoms with Crippen LogP contribution in [0.4, 0.5) is 11.4 Å². The minimum Gasteiger partial charge on any atom is -0.360 e. The highest BCUT2D eigenvalue weighted by Crippen LogP contribution is 2.31. The van der Waals surface area contributed by atoms with Gasteiger partial charge in [0.1, 0.15) is 5.69 Å². The summed E-state index contributed by atoms with van der Waals surface area (Å²) in [5.74, 6) is -0.257. The Hall–Kier alpha value is -2.24. The number of rotatable bonds is 8. The molecule has 1 amide bonds. The maximum Gasteiger partial charge on any atom is 0.293 e. The van der Waals surface area contributed by atoms with E-state index in [1.807, 2.05) is 18.9 Å². The summed E-state index contributed by atoms with van der Waals surface area (Å²) in [5, 5.41) is 14.3. The van der Waals surface area contributed by atoms with Gasteiger partial charge in [-0.05, 0) is 25.6 Å². The molecule has 10 nitrogen and oxygen atoms in total. The minimum absolute atomic E-state index is 0.0641. The number of hydrogen-bond donors (Lipinski definition) is 1. The zero-order valence-electron chi connectivity index (χ0n) is 16.4. The minimum atomic E-state index is -3.81. The monoisotopic (exact) mass is 413 g/mol. The van der Waals surface area contributed by atoms with Gasteiger partial charge in [0.25, 0.3) is 5.69 Å². The number of nitro groups is 1. The van der Waals surface area contributed by atoms with Gasteiger partial charge in [-0.3, -0.25) is 14.9 Å². The van der Waals surface area contributed by atoms with Gasteiger partial charge in [0.2, 0.25) is 15.9 Å². The maximum atomic E-state index is 12.9. The molecular formula is C17H27N5O5S. The average Bonchev–Trinajstić information content (AvgIpc) is 2.66. The summed E-state index contributed by atoms with van der Waals surface area (Å²) in [4.78, 5) is 26.2. The molecule has 0 saturated carbocycles. The van der Waals surface area contributed by atoms with Crippen molar-refractivity contribution >= 4 is 27.3 Å². The fraction of sp³-hybridized carbons (Fsp3) is 0.588. The smallest absolute Gasteiger partial charge is 0.293 e. The van der Waals surface area contributed by atoms with Crippen molar-refractivity contribution in [2.45, 2.75) is 18.2 Å². The lowest BCUT2D eigenvalue weighted by molar-refractivity contribution is -0.384. The fourth-order valence-corrected chi connectivity index (χ4v) is 4.37. The summed E-state index contributed by atoms with van der Waals surface area (Å²) in [7, 11) is -0.344. The second-order valence-corrected chi connectivity index (χ2v) is 8.76. The van der Waals surface area contributed by atoms with Crippen LogP contribution in [0, 0.1) is 10.1 Å². The van der Waals surface area contributed by atoms with Gasteiger partial charge in [0.05, 0.1) is 16.4 Å². The van der Waals surface area contributed by atoms with E-state index in [0.717, 1.165) is 12.5 Å². The van der Waals surface area contributed by atoms with E-state index in [1.54, 1.807) is 7.05 Å². The first-order chi connectivity index (χ1) is 13.2. The summed E-state index contributed by atoms with van der Waals surface area (Å²) in [6.07, 6.45) is 0.786. The number of sulfonamides is 1. The first kappa shape index (κ1) is 22.1. The number of anilines is 1. The Kier molecular flexibility index (Phi) is 7.33. The quantitative estimate of drug-likeness (QED) is 0.487. The molecule has 0 bridgehead atoms. The Morgan fingerprint density at radius 3 is 2.50 bits per heavy atom. The van der Waals surface area contributed by atoms with Crippen LogP contribution in [0.15, 0.2) is 23.1 Å². The Labute approximate surface area is 165 Å². The molecular weight excluding hydrogens is 386 g/mol. The molecule has 1 heterocycles. The maximum absolute atomic E-state index is 12.9. The predicted octanol–water partition coefficient (Wildman–Crippen LogP) is 0.493. The van der Waals surface area contributed by atoms with Gasteiger partial charge in [0.15, 0.2) is 0 Å². The van der Waals surface area contributed by atoms with Gasteiger partial charge in [0, 0.05) is 45.8 Å². The number of nitrogens with zero attached hydrogens (tertiary/aromatic N) is 4. The summed E-state index contributed by atoms with van der Waals surface area (Å²) < 4.78 is 27.0. The molecule has 0 spiro atoms. The third-order valence-electron chi connectivity index (χ3n) is 4.61. The van der Waals surface area contributed by atoms with Gasteiger partial charge in [-0.25, -0.2) is 8.42 Å². The predicted molar refractivity (Wildman–Crippen MR) is 106 cm³/mol. The molecule has 0 unspecified atom stereocenters. The number of nitro benzene ring substituents is 1. The van der Waals surface area contributed by atoms with Crippen molar-refractivity contribution in [1.29, 1.82) is 0 Å². The number of amides is 1. The molecule has 1 fully saturated rings. The van der Waals surface area contributed by atoms with Crippen molar-refractivity contribution in [1.82, 2.24) is 14.5 Å². The van der Waals surface area contributed by atoms with Crippen LogP contribution in [0.1, 0.15) is 13.3 Å². The van der Waals surface area contributed by atoms with Crippen LogP contribution >= 0.6 is 0 Å². The highest BCUT2D eigenvalue weighted by Gasteiger charge is 2.30. The topological polar surface area (TPSA) is 116 Å². The van der Waals surface area contributed by atoms with E-state index >= 15 is 0 Å². The van der Waals surface area contributed by atoms with Crippen LogP contribution in [0.2, 0.25) is 0 Å². The number of benzene rings is 1. The fourth-order valence-electron chi connectivity index (χ4n) is 2.93. The molecule has 11 heteroatoms. The molecule has 1 aliphatic heterocycles. The van der Waals surface area contributed by atoms with Crippen LogP contribution in [0.25, 0.3) is 0 Å². The number of likely N-dealkylation sites (N-methyl/N-ethyl adjacent to an activating group) is 2. The van der Waals surface area contributed by atoms with E-state index in [2.05, 4.69) is 5.32 Å². The first-order valence-electron chi connectivity index (χ1n) is 9.11. The molecule has 0 radical (unpaired) electrons. The number of hydrogen-bond acceptors (Lipinski definition) is 7. The van der Waals surface area contributed by atoms with Crippen molar-refractivity contribution in [2.24, 2.45) is 0 Å². The first-order valence-corrected chi connectivity index (χ1v) is 10.6. The number of nitrogens with one attached hydrogen (secondary N) is 1. The highest BCUT2D eigenvalue weighted by atomic mass is 32.2. The van der Waals surface area contributed by atoms with Gasteiger partial charge in [-0.1, -0.05) is 6.92 Å². The Morgan fingerprint density at radius 1 is 1.29 bits per heavy atom. The van der Waals surface area contributed by atoms with Gasteiger partial charge in [-0.2, -0.15) is 4.31 Å². The van der Waals surface area contributed by atoms with E-state index in [9.17, 15) is 23.3 Å². The Morgan fingerprint density at radius 2 is 1.93 bits per heavy atom. The zero-order valence-corrected chi connectivity index (χ0v) is 17.2. The third-order valence-corrected chi connectivity index (χ3v) is 6.50. The van der Waals surface area contributed by atoms with Crippen LogP contribution in [0.5, 0.6) is 0 Å². The second kappa shape index (κ2) is 9.30. The van der Waals surface area contributed by atoms with Crippen molar-refractivity contribution in [2.75, 3.05) is 58.3 Å². The van der Waals surface area contributed by atoms with Crippen molar-refractivity contribution in [3.05, 3.63) is 28.3 Å². The Bertz CT molecular complexity index is 821. The summed E-state index contributed by atoms with van der Waals surface area (Å²) in [6.45, 7) is 4.28. The lowest BCUT2D eigenvalue weighted by Gasteiger charge is -2.31. The Balaban J connectivity index is 2.27. The second-order valence-electron chi connectivity index (χ2n) is 6.82. The zero-order chi connectivity index (χ0) is 20.9. The molecule has 1 aromatic carbocycles. The molecule has 156 valence electrons. The molecule has 0 aliphatic carbocycles. The summed E-state index contributed by atoms with van der Waals surface area (Å²) in [5.41, 5.74) is -0.157. The summed E-state index contributed by atoms with van der Waals surface area (Å²) >= 11 is 0. The van der Waals surface area contributed by atoms with E-state index in [0.29, 0.717) is 32.7 Å². The largest absolute Gasteiger partial charge is 0.360 e. The van der Waals surface area contributed by atoms with E-state index in [-0.39, 0.29) is 28.7 Å². The molecule has 1 saturated heterocycles. The lowest BCUT2D eigenvalue weighted by Crippen LogP contribution is -2.47. The highest BCUT2D eigenvalue weighted by molar-refractivity contribution is 7.89. The number of piperazine rings is 1. The molecule has 0 atom stereocenters. The molecule has 0 aromatic heterocycles. The van der Waals surface area contributed by atoms with E-state index < -0.39 is 14.9 Å². The van der Waals surface area contributed by atoms with Crippen molar-refractivity contribution in [3.8, 4) is 0 Å². The van der Waals surface area contributed by atoms with E-state index in [4.69, 9.17) is 0 Å². The number of carbonyl (C=O) groups is 1. The van der Waals surface area contributed by atoms with Crippen molar-refractivity contribution in [3.63, 3.8) is 0 Å². The molecule has 1 N–H and O–H groups in total. The van der Waals surface area contributed by atoms with Crippen LogP contribution in [-0.2, 0) is 14.8 Å². The van der Waals surface area contributed by atoms with Gasteiger partial charge >= 0.3 is 0 Å². The number of carbonyl (C=O) groups excluding carboxylic acids is 1. The normalized spacial score (nSPS) is 16.0. The SMILES string of the molecule is CCCNC(=O)CN(C)c1ccc(S(=O)(=O)N2CCN(C)CC2)cc1[N+](=O)[O-]. The average molecular weight is 414 g/mol. The van der Waals surface area contributed by atoms with Crippen molar-refractivity contribution < 1.29 is 18.1 Å². The van der Waals surface area contributed by atoms with Crippen LogP contribution < -0.4 is 10.2 Å². The molecule has 1 aromatic rings. The lowest BCUT2D eigenvalue weighted by atomic mass is 10.2. The van der Waals surface area contributed by atoms with Gasteiger partial charge < -0.3 is 15.1 Å². The standard InChI is InChI=1S/C17H27N5O5S/c1-4-7-18-17(23)13-20(3)15-6-5-14(12-16(15)22(24)25)28(26,27)21-10-8-19(2)9-11-21/h5-6,12H,4,7-11,13H2,1-3H3,(H,18,23). The third kappa shape index (κ3) is 5.18. The molecule has 1 aliphatic rings. The van der Waals surface area contributed by atoms with Crippen LogP contribution in [0.3, 0.4) is 0 Å². The molecule has 2 rings (SSSR count). The summed E-state index contributed by atoms with van der Waals surface area (Å²) in [6, 6.07) is 3.81. The van der Waals surface area contributed by atoms with E-state index in [1.165, 1.54) is 21.3 Å². The van der Waals surface area contributed by atoms with Gasteiger partial charge in [-0.15, -0.1) is 0 Å².